The first-order valence-corrected chi connectivity index (χ1v) is 9.25. The molecule has 3 aromatic rings. The number of piperidine rings is 1. The van der Waals surface area contributed by atoms with Crippen molar-refractivity contribution in [3.8, 4) is 5.88 Å². The Morgan fingerprint density at radius 3 is 2.74 bits per heavy atom. The molecule has 3 heterocycles. The number of amides is 1. The van der Waals surface area contributed by atoms with Crippen LogP contribution in [-0.4, -0.2) is 49.5 Å². The van der Waals surface area contributed by atoms with Gasteiger partial charge in [-0.25, -0.2) is 9.97 Å². The summed E-state index contributed by atoms with van der Waals surface area (Å²) in [5.41, 5.74) is 2.80. The normalized spacial score (nSPS) is 15.3. The Hall–Kier alpha value is -2.96. The van der Waals surface area contributed by atoms with Crippen molar-refractivity contribution in [3.63, 3.8) is 0 Å². The predicted octanol–water partition coefficient (Wildman–Crippen LogP) is 2.51. The number of hydrogen-bond acceptors (Lipinski definition) is 5. The summed E-state index contributed by atoms with van der Waals surface area (Å²) in [6, 6.07) is 9.71. The molecule has 1 aromatic carbocycles. The van der Waals surface area contributed by atoms with Crippen molar-refractivity contribution < 1.29 is 9.53 Å². The number of imidazole rings is 1. The number of rotatable bonds is 4. The lowest BCUT2D eigenvalue weighted by Crippen LogP contribution is -2.43. The lowest BCUT2D eigenvalue weighted by atomic mass is 10.1. The SMILES string of the molecule is Cc1cc(OC2CCN(C(=O)Cn3cnc4ccccc43)CC2)nc(C)n1. The van der Waals surface area contributed by atoms with Gasteiger partial charge in [-0.05, 0) is 26.0 Å². The third-order valence-corrected chi connectivity index (χ3v) is 4.86. The van der Waals surface area contributed by atoms with E-state index in [1.165, 1.54) is 0 Å². The molecule has 0 radical (unpaired) electrons. The molecule has 1 aliphatic rings. The maximum Gasteiger partial charge on any atom is 0.242 e. The summed E-state index contributed by atoms with van der Waals surface area (Å²) < 4.78 is 7.91. The van der Waals surface area contributed by atoms with Crippen LogP contribution < -0.4 is 4.74 Å². The minimum atomic E-state index is 0.0804. The van der Waals surface area contributed by atoms with Gasteiger partial charge in [0.05, 0.1) is 17.4 Å². The van der Waals surface area contributed by atoms with Crippen LogP contribution in [0.25, 0.3) is 11.0 Å². The number of carbonyl (C=O) groups is 1. The number of carbonyl (C=O) groups excluding carboxylic acids is 1. The number of hydrogen-bond donors (Lipinski definition) is 0. The molecule has 0 saturated carbocycles. The number of aryl methyl sites for hydroxylation is 2. The van der Waals surface area contributed by atoms with E-state index in [2.05, 4.69) is 15.0 Å². The molecule has 0 aliphatic carbocycles. The molecule has 4 rings (SSSR count). The Bertz CT molecular complexity index is 940. The van der Waals surface area contributed by atoms with E-state index in [0.29, 0.717) is 31.3 Å². The summed E-state index contributed by atoms with van der Waals surface area (Å²) in [4.78, 5) is 27.5. The lowest BCUT2D eigenvalue weighted by molar-refractivity contribution is -0.133. The molecule has 2 aromatic heterocycles. The second-order valence-electron chi connectivity index (χ2n) is 6.95. The molecule has 7 nitrogen and oxygen atoms in total. The molecule has 1 saturated heterocycles. The number of para-hydroxylation sites is 2. The molecule has 1 amide bonds. The largest absolute Gasteiger partial charge is 0.474 e. The van der Waals surface area contributed by atoms with E-state index in [1.807, 2.05) is 53.6 Å². The first-order chi connectivity index (χ1) is 13.1. The van der Waals surface area contributed by atoms with Gasteiger partial charge in [-0.15, -0.1) is 0 Å². The molecule has 0 bridgehead atoms. The van der Waals surface area contributed by atoms with E-state index >= 15 is 0 Å². The molecular formula is C20H23N5O2. The van der Waals surface area contributed by atoms with Crippen molar-refractivity contribution in [2.24, 2.45) is 0 Å². The maximum atomic E-state index is 12.7. The molecule has 1 fully saturated rings. The molecule has 27 heavy (non-hydrogen) atoms. The van der Waals surface area contributed by atoms with E-state index in [-0.39, 0.29) is 12.0 Å². The molecule has 0 atom stereocenters. The highest BCUT2D eigenvalue weighted by Gasteiger charge is 2.24. The summed E-state index contributed by atoms with van der Waals surface area (Å²) in [6.07, 6.45) is 3.42. The minimum Gasteiger partial charge on any atom is -0.474 e. The summed E-state index contributed by atoms with van der Waals surface area (Å²) >= 11 is 0. The zero-order valence-corrected chi connectivity index (χ0v) is 15.6. The summed E-state index contributed by atoms with van der Waals surface area (Å²) in [5, 5.41) is 0. The lowest BCUT2D eigenvalue weighted by Gasteiger charge is -2.32. The zero-order valence-electron chi connectivity index (χ0n) is 15.6. The summed E-state index contributed by atoms with van der Waals surface area (Å²) in [5.74, 6) is 1.45. The molecule has 7 heteroatoms. The molecular weight excluding hydrogens is 342 g/mol. The number of nitrogens with zero attached hydrogens (tertiary/aromatic N) is 5. The van der Waals surface area contributed by atoms with Crippen molar-refractivity contribution >= 4 is 16.9 Å². The van der Waals surface area contributed by atoms with Crippen LogP contribution in [0.5, 0.6) is 5.88 Å². The van der Waals surface area contributed by atoms with Crippen LogP contribution in [-0.2, 0) is 11.3 Å². The second-order valence-corrected chi connectivity index (χ2v) is 6.95. The third kappa shape index (κ3) is 3.92. The average Bonchev–Trinajstić information content (AvgIpc) is 3.04. The van der Waals surface area contributed by atoms with Crippen molar-refractivity contribution in [1.82, 2.24) is 24.4 Å². The quantitative estimate of drug-likeness (QED) is 0.710. The van der Waals surface area contributed by atoms with Crippen molar-refractivity contribution in [3.05, 3.63) is 48.2 Å². The zero-order chi connectivity index (χ0) is 18.8. The smallest absolute Gasteiger partial charge is 0.242 e. The number of benzene rings is 1. The fraction of sp³-hybridized carbons (Fsp3) is 0.400. The van der Waals surface area contributed by atoms with Gasteiger partial charge >= 0.3 is 0 Å². The van der Waals surface area contributed by atoms with E-state index in [4.69, 9.17) is 4.74 Å². The standard InChI is InChI=1S/C20H23N5O2/c1-14-11-19(23-15(2)22-14)27-16-7-9-24(10-8-16)20(26)12-25-13-21-17-5-3-4-6-18(17)25/h3-6,11,13,16H,7-10,12H2,1-2H3. The van der Waals surface area contributed by atoms with Crippen LogP contribution in [0.2, 0.25) is 0 Å². The van der Waals surface area contributed by atoms with Crippen LogP contribution in [0.1, 0.15) is 24.4 Å². The first kappa shape index (κ1) is 17.5. The van der Waals surface area contributed by atoms with Crippen LogP contribution >= 0.6 is 0 Å². The van der Waals surface area contributed by atoms with Gasteiger partial charge in [0.2, 0.25) is 11.8 Å². The van der Waals surface area contributed by atoms with Gasteiger partial charge in [-0.2, -0.15) is 4.98 Å². The Morgan fingerprint density at radius 1 is 1.19 bits per heavy atom. The molecule has 0 unspecified atom stereocenters. The van der Waals surface area contributed by atoms with Crippen molar-refractivity contribution in [2.45, 2.75) is 39.3 Å². The Morgan fingerprint density at radius 2 is 1.96 bits per heavy atom. The minimum absolute atomic E-state index is 0.0804. The van der Waals surface area contributed by atoms with Gasteiger partial charge in [-0.3, -0.25) is 4.79 Å². The highest BCUT2D eigenvalue weighted by molar-refractivity contribution is 5.80. The van der Waals surface area contributed by atoms with Gasteiger partial charge in [-0.1, -0.05) is 12.1 Å². The summed E-state index contributed by atoms with van der Waals surface area (Å²) in [7, 11) is 0. The van der Waals surface area contributed by atoms with Gasteiger partial charge in [0.25, 0.3) is 0 Å². The highest BCUT2D eigenvalue weighted by Crippen LogP contribution is 2.19. The van der Waals surface area contributed by atoms with E-state index < -0.39 is 0 Å². The Labute approximate surface area is 158 Å². The van der Waals surface area contributed by atoms with Gasteiger partial charge < -0.3 is 14.2 Å². The second kappa shape index (κ2) is 7.34. The molecule has 0 spiro atoms. The van der Waals surface area contributed by atoms with E-state index in [0.717, 1.165) is 29.6 Å². The van der Waals surface area contributed by atoms with Gasteiger partial charge in [0, 0.05) is 37.7 Å². The van der Waals surface area contributed by atoms with Gasteiger partial charge in [0.15, 0.2) is 0 Å². The van der Waals surface area contributed by atoms with Crippen molar-refractivity contribution in [2.75, 3.05) is 13.1 Å². The fourth-order valence-electron chi connectivity index (χ4n) is 3.52. The average molecular weight is 365 g/mol. The molecule has 1 aliphatic heterocycles. The number of aromatic nitrogens is 4. The van der Waals surface area contributed by atoms with Crippen LogP contribution in [0, 0.1) is 13.8 Å². The first-order valence-electron chi connectivity index (χ1n) is 9.25. The van der Waals surface area contributed by atoms with Crippen LogP contribution in [0.15, 0.2) is 36.7 Å². The maximum absolute atomic E-state index is 12.7. The predicted molar refractivity (Wildman–Crippen MR) is 101 cm³/mol. The topological polar surface area (TPSA) is 73.1 Å². The van der Waals surface area contributed by atoms with E-state index in [1.54, 1.807) is 6.33 Å². The molecule has 140 valence electrons. The Kier molecular flexibility index (Phi) is 4.75. The molecule has 0 N–H and O–H groups in total. The van der Waals surface area contributed by atoms with E-state index in [9.17, 15) is 4.79 Å². The summed E-state index contributed by atoms with van der Waals surface area (Å²) in [6.45, 7) is 5.50. The monoisotopic (exact) mass is 365 g/mol. The highest BCUT2D eigenvalue weighted by atomic mass is 16.5. The number of ether oxygens (including phenoxy) is 1. The van der Waals surface area contributed by atoms with Crippen LogP contribution in [0.3, 0.4) is 0 Å². The van der Waals surface area contributed by atoms with Crippen LogP contribution in [0.4, 0.5) is 0 Å². The Balaban J connectivity index is 1.34. The fourth-order valence-corrected chi connectivity index (χ4v) is 3.52. The van der Waals surface area contributed by atoms with Crippen molar-refractivity contribution in [1.29, 1.82) is 0 Å². The number of likely N-dealkylation sites (tertiary alicyclic amines) is 1. The van der Waals surface area contributed by atoms with Gasteiger partial charge in [0.1, 0.15) is 18.5 Å². The third-order valence-electron chi connectivity index (χ3n) is 4.86. The number of fused-ring (bicyclic) bond motifs is 1.